The van der Waals surface area contributed by atoms with E-state index < -0.39 is 17.1 Å². The van der Waals surface area contributed by atoms with Crippen LogP contribution in [0, 0.1) is 17.1 Å². The molecule has 0 N–H and O–H groups in total. The van der Waals surface area contributed by atoms with Gasteiger partial charge in [0.15, 0.2) is 11.6 Å². The number of aromatic nitrogens is 3. The van der Waals surface area contributed by atoms with Crippen molar-refractivity contribution in [2.24, 2.45) is 0 Å². The highest BCUT2D eigenvalue weighted by Gasteiger charge is 2.22. The third kappa shape index (κ3) is 4.47. The molecule has 0 radical (unpaired) electrons. The van der Waals surface area contributed by atoms with Crippen molar-refractivity contribution in [3.8, 4) is 28.8 Å². The summed E-state index contributed by atoms with van der Waals surface area (Å²) in [6.45, 7) is 4.02. The van der Waals surface area contributed by atoms with Crippen LogP contribution in [0.4, 0.5) is 4.39 Å². The Bertz CT molecular complexity index is 1780. The lowest BCUT2D eigenvalue weighted by molar-refractivity contribution is 0.386. The Kier molecular flexibility index (Phi) is 7.41. The van der Waals surface area contributed by atoms with E-state index in [1.54, 1.807) is 18.3 Å². The summed E-state index contributed by atoms with van der Waals surface area (Å²) in [5.74, 6) is -0.584. The van der Waals surface area contributed by atoms with E-state index >= 15 is 0 Å². The van der Waals surface area contributed by atoms with Gasteiger partial charge in [-0.1, -0.05) is 49.7 Å². The van der Waals surface area contributed by atoms with Gasteiger partial charge in [-0.25, -0.2) is 13.8 Å². The average Bonchev–Trinajstić information content (AvgIpc) is 3.35. The molecule has 2 aromatic carbocycles. The van der Waals surface area contributed by atoms with Crippen LogP contribution in [0.25, 0.3) is 38.9 Å². The Morgan fingerprint density at radius 1 is 1.16 bits per heavy atom. The molecule has 0 saturated heterocycles. The number of methoxy groups -OCH3 is 1. The molecule has 8 nitrogen and oxygen atoms in total. The van der Waals surface area contributed by atoms with Crippen LogP contribution in [0.2, 0.25) is 5.02 Å². The molecule has 0 bridgehead atoms. The zero-order chi connectivity index (χ0) is 26.7. The number of nitrogens with zero attached hydrogens (tertiary/aromatic N) is 4. The minimum absolute atomic E-state index is 0.0176. The maximum absolute atomic E-state index is 14.1. The van der Waals surface area contributed by atoms with Crippen molar-refractivity contribution < 1.29 is 13.5 Å². The molecule has 10 heteroatoms. The third-order valence-corrected chi connectivity index (χ3v) is 5.98. The lowest BCUT2D eigenvalue weighted by atomic mass is 10.1. The SMILES string of the molecule is CC.COc1cc(-c2cc3c(o2)c(=O)n(-c2cncc4ccccc24)c(=O)n3CCC#N)c(Cl)cc1F. The maximum atomic E-state index is 14.1. The van der Waals surface area contributed by atoms with Gasteiger partial charge in [-0.3, -0.25) is 14.3 Å². The van der Waals surface area contributed by atoms with Gasteiger partial charge in [0.05, 0.1) is 42.0 Å². The predicted molar refractivity (Wildman–Crippen MR) is 140 cm³/mol. The second-order valence-electron chi connectivity index (χ2n) is 7.65. The lowest BCUT2D eigenvalue weighted by Gasteiger charge is -2.12. The minimum Gasteiger partial charge on any atom is -0.494 e. The monoisotopic (exact) mass is 520 g/mol. The van der Waals surface area contributed by atoms with E-state index in [1.807, 2.05) is 32.0 Å². The molecule has 0 unspecified atom stereocenters. The van der Waals surface area contributed by atoms with Gasteiger partial charge in [-0.15, -0.1) is 0 Å². The maximum Gasteiger partial charge on any atom is 0.336 e. The van der Waals surface area contributed by atoms with E-state index in [2.05, 4.69) is 4.98 Å². The first-order valence-corrected chi connectivity index (χ1v) is 11.8. The molecule has 0 amide bonds. The zero-order valence-corrected chi connectivity index (χ0v) is 21.0. The smallest absolute Gasteiger partial charge is 0.336 e. The fraction of sp³-hybridized carbons (Fsp3) is 0.185. The first kappa shape index (κ1) is 25.7. The van der Waals surface area contributed by atoms with Gasteiger partial charge in [0.2, 0.25) is 5.58 Å². The molecule has 0 saturated carbocycles. The van der Waals surface area contributed by atoms with Gasteiger partial charge in [0.1, 0.15) is 5.76 Å². The highest BCUT2D eigenvalue weighted by molar-refractivity contribution is 6.33. The molecule has 0 spiro atoms. The van der Waals surface area contributed by atoms with E-state index in [1.165, 1.54) is 30.0 Å². The Labute approximate surface area is 215 Å². The molecule has 0 fully saturated rings. The summed E-state index contributed by atoms with van der Waals surface area (Å²) in [7, 11) is 1.31. The second kappa shape index (κ2) is 10.7. The summed E-state index contributed by atoms with van der Waals surface area (Å²) in [5.41, 5.74) is -0.721. The summed E-state index contributed by atoms with van der Waals surface area (Å²) in [6.07, 6.45) is 3.08. The Hall–Kier alpha value is -4.42. The number of halogens is 2. The van der Waals surface area contributed by atoms with Gasteiger partial charge >= 0.3 is 11.2 Å². The number of benzene rings is 2. The van der Waals surface area contributed by atoms with Crippen LogP contribution in [0.1, 0.15) is 20.3 Å². The summed E-state index contributed by atoms with van der Waals surface area (Å²) < 4.78 is 27.3. The van der Waals surface area contributed by atoms with Crippen molar-refractivity contribution in [2.75, 3.05) is 7.11 Å². The van der Waals surface area contributed by atoms with Gasteiger partial charge in [-0.2, -0.15) is 5.26 Å². The summed E-state index contributed by atoms with van der Waals surface area (Å²) in [4.78, 5) is 31.3. The van der Waals surface area contributed by atoms with E-state index in [0.29, 0.717) is 5.39 Å². The number of nitriles is 1. The summed E-state index contributed by atoms with van der Waals surface area (Å²) in [5, 5.41) is 10.6. The quantitative estimate of drug-likeness (QED) is 0.294. The molecule has 0 atom stereocenters. The number of pyridine rings is 1. The van der Waals surface area contributed by atoms with E-state index in [9.17, 15) is 14.0 Å². The first-order chi connectivity index (χ1) is 17.9. The van der Waals surface area contributed by atoms with Gasteiger partial charge in [0, 0.05) is 35.1 Å². The van der Waals surface area contributed by atoms with Crippen LogP contribution in [0.5, 0.6) is 5.75 Å². The van der Waals surface area contributed by atoms with Gasteiger partial charge in [-0.05, 0) is 12.1 Å². The normalized spacial score (nSPS) is 10.7. The van der Waals surface area contributed by atoms with E-state index in [-0.39, 0.29) is 51.8 Å². The molecular weight excluding hydrogens is 499 g/mol. The van der Waals surface area contributed by atoms with Gasteiger partial charge < -0.3 is 9.15 Å². The van der Waals surface area contributed by atoms with Crippen LogP contribution in [-0.4, -0.2) is 21.2 Å². The molecule has 5 aromatic rings. The highest BCUT2D eigenvalue weighted by atomic mass is 35.5. The van der Waals surface area contributed by atoms with Crippen LogP contribution in [0.15, 0.2) is 68.9 Å². The van der Waals surface area contributed by atoms with Crippen molar-refractivity contribution in [3.05, 3.63) is 86.5 Å². The molecule has 0 aliphatic carbocycles. The average molecular weight is 521 g/mol. The minimum atomic E-state index is -0.701. The molecular formula is C27H22ClFN4O4. The molecule has 5 rings (SSSR count). The predicted octanol–water partition coefficient (Wildman–Crippen LogP) is 5.70. The van der Waals surface area contributed by atoms with Crippen LogP contribution in [0.3, 0.4) is 0 Å². The van der Waals surface area contributed by atoms with E-state index in [4.69, 9.17) is 26.0 Å². The molecule has 37 heavy (non-hydrogen) atoms. The molecule has 0 aliphatic heterocycles. The van der Waals surface area contributed by atoms with Crippen molar-refractivity contribution in [1.82, 2.24) is 14.1 Å². The summed E-state index contributed by atoms with van der Waals surface area (Å²) in [6, 6.07) is 13.1. The van der Waals surface area contributed by atoms with Crippen molar-refractivity contribution in [3.63, 3.8) is 0 Å². The fourth-order valence-corrected chi connectivity index (χ4v) is 4.27. The molecule has 3 heterocycles. The highest BCUT2D eigenvalue weighted by Crippen LogP contribution is 2.36. The fourth-order valence-electron chi connectivity index (χ4n) is 4.02. The second-order valence-corrected chi connectivity index (χ2v) is 8.06. The molecule has 188 valence electrons. The van der Waals surface area contributed by atoms with Crippen LogP contribution < -0.4 is 16.0 Å². The first-order valence-electron chi connectivity index (χ1n) is 11.5. The number of ether oxygens (including phenoxy) is 1. The third-order valence-electron chi connectivity index (χ3n) is 5.67. The largest absolute Gasteiger partial charge is 0.494 e. The van der Waals surface area contributed by atoms with Crippen molar-refractivity contribution in [2.45, 2.75) is 26.8 Å². The Morgan fingerprint density at radius 3 is 2.65 bits per heavy atom. The standard InChI is InChI=1S/C25H16ClFN4O4.C2H6/c1-34-22-9-16(17(26)10-18(22)27)21-11-19-23(35-21)24(32)31(25(33)30(19)8-4-7-28)20-13-29-12-14-5-2-3-6-15(14)20;1-2/h2-3,5-6,9-13H,4,8H2,1H3;1-2H3. The lowest BCUT2D eigenvalue weighted by Crippen LogP contribution is -2.38. The van der Waals surface area contributed by atoms with Gasteiger partial charge in [0.25, 0.3) is 0 Å². The topological polar surface area (TPSA) is 103 Å². The number of fused-ring (bicyclic) bond motifs is 2. The van der Waals surface area contributed by atoms with E-state index in [0.717, 1.165) is 16.0 Å². The van der Waals surface area contributed by atoms with Crippen LogP contribution in [-0.2, 0) is 6.54 Å². The van der Waals surface area contributed by atoms with Crippen molar-refractivity contribution >= 4 is 33.5 Å². The molecule has 3 aromatic heterocycles. The van der Waals surface area contributed by atoms with Crippen LogP contribution >= 0.6 is 11.6 Å². The number of hydrogen-bond donors (Lipinski definition) is 0. The molecule has 0 aliphatic rings. The number of rotatable bonds is 5. The zero-order valence-electron chi connectivity index (χ0n) is 20.3. The van der Waals surface area contributed by atoms with Crippen molar-refractivity contribution in [1.29, 1.82) is 5.26 Å². The Balaban J connectivity index is 0.00000156. The number of aryl methyl sites for hydroxylation is 1. The number of furan rings is 1. The number of hydrogen-bond acceptors (Lipinski definition) is 6. The summed E-state index contributed by atoms with van der Waals surface area (Å²) >= 11 is 6.25. The Morgan fingerprint density at radius 2 is 1.92 bits per heavy atom.